The van der Waals surface area contributed by atoms with Crippen LogP contribution in [0.4, 0.5) is 0 Å². The molecule has 2 saturated carbocycles. The Bertz CT molecular complexity index is 474. The van der Waals surface area contributed by atoms with Gasteiger partial charge < -0.3 is 11.1 Å². The SMILES string of the molecule is NC(=NCc1ccccc1)NC1CCCC12CCCCC2. The van der Waals surface area contributed by atoms with Crippen LogP contribution >= 0.6 is 0 Å². The van der Waals surface area contributed by atoms with Crippen LogP contribution in [0.15, 0.2) is 35.3 Å². The molecule has 21 heavy (non-hydrogen) atoms. The summed E-state index contributed by atoms with van der Waals surface area (Å²) in [6, 6.07) is 10.8. The lowest BCUT2D eigenvalue weighted by atomic mass is 9.70. The van der Waals surface area contributed by atoms with Crippen LogP contribution in [0.5, 0.6) is 0 Å². The number of guanidine groups is 1. The molecule has 1 spiro atoms. The van der Waals surface area contributed by atoms with E-state index in [1.54, 1.807) is 0 Å². The molecule has 1 aromatic carbocycles. The topological polar surface area (TPSA) is 50.4 Å². The monoisotopic (exact) mass is 285 g/mol. The fourth-order valence-electron chi connectivity index (χ4n) is 4.20. The van der Waals surface area contributed by atoms with Crippen LogP contribution in [-0.4, -0.2) is 12.0 Å². The zero-order valence-electron chi connectivity index (χ0n) is 12.9. The normalized spacial score (nSPS) is 25.1. The van der Waals surface area contributed by atoms with Gasteiger partial charge in [0.2, 0.25) is 0 Å². The summed E-state index contributed by atoms with van der Waals surface area (Å²) in [4.78, 5) is 4.52. The van der Waals surface area contributed by atoms with Crippen LogP contribution in [0.25, 0.3) is 0 Å². The predicted octanol–water partition coefficient (Wildman–Crippen LogP) is 3.59. The third-order valence-electron chi connectivity index (χ3n) is 5.35. The van der Waals surface area contributed by atoms with Gasteiger partial charge in [-0.15, -0.1) is 0 Å². The second-order valence-corrected chi connectivity index (χ2v) is 6.70. The van der Waals surface area contributed by atoms with Crippen LogP contribution in [0.1, 0.15) is 56.9 Å². The van der Waals surface area contributed by atoms with Gasteiger partial charge in [-0.1, -0.05) is 56.0 Å². The fourth-order valence-corrected chi connectivity index (χ4v) is 4.20. The molecule has 3 rings (SSSR count). The van der Waals surface area contributed by atoms with Gasteiger partial charge in [-0.05, 0) is 36.7 Å². The summed E-state index contributed by atoms with van der Waals surface area (Å²) in [5, 5.41) is 3.54. The molecule has 3 N–H and O–H groups in total. The van der Waals surface area contributed by atoms with Crippen molar-refractivity contribution in [3.63, 3.8) is 0 Å². The Hall–Kier alpha value is -1.51. The van der Waals surface area contributed by atoms with Crippen LogP contribution in [0, 0.1) is 5.41 Å². The summed E-state index contributed by atoms with van der Waals surface area (Å²) in [5.41, 5.74) is 7.84. The molecule has 0 bridgehead atoms. The van der Waals surface area contributed by atoms with Crippen molar-refractivity contribution in [2.45, 2.75) is 64.0 Å². The highest BCUT2D eigenvalue weighted by Crippen LogP contribution is 2.48. The molecule has 0 aromatic heterocycles. The van der Waals surface area contributed by atoms with Crippen molar-refractivity contribution < 1.29 is 0 Å². The van der Waals surface area contributed by atoms with E-state index in [1.807, 2.05) is 18.2 Å². The average molecular weight is 285 g/mol. The summed E-state index contributed by atoms with van der Waals surface area (Å²) < 4.78 is 0. The Balaban J connectivity index is 1.59. The first-order valence-corrected chi connectivity index (χ1v) is 8.39. The smallest absolute Gasteiger partial charge is 0.189 e. The fraction of sp³-hybridized carbons (Fsp3) is 0.611. The van der Waals surface area contributed by atoms with Gasteiger partial charge in [0.15, 0.2) is 5.96 Å². The average Bonchev–Trinajstić information content (AvgIpc) is 2.89. The number of nitrogens with two attached hydrogens (primary N) is 1. The van der Waals surface area contributed by atoms with Crippen LogP contribution < -0.4 is 11.1 Å². The molecule has 114 valence electrons. The van der Waals surface area contributed by atoms with Crippen molar-refractivity contribution in [1.82, 2.24) is 5.32 Å². The third-order valence-corrected chi connectivity index (χ3v) is 5.35. The van der Waals surface area contributed by atoms with E-state index in [4.69, 9.17) is 5.73 Å². The molecule has 0 aliphatic heterocycles. The van der Waals surface area contributed by atoms with Crippen molar-refractivity contribution in [2.24, 2.45) is 16.1 Å². The molecule has 1 atom stereocenters. The maximum atomic E-state index is 6.13. The van der Waals surface area contributed by atoms with E-state index in [-0.39, 0.29) is 0 Å². The van der Waals surface area contributed by atoms with Gasteiger partial charge in [0, 0.05) is 6.04 Å². The number of hydrogen-bond donors (Lipinski definition) is 2. The summed E-state index contributed by atoms with van der Waals surface area (Å²) in [6.07, 6.45) is 10.9. The first-order valence-electron chi connectivity index (χ1n) is 8.39. The van der Waals surface area contributed by atoms with Gasteiger partial charge in [0.1, 0.15) is 0 Å². The van der Waals surface area contributed by atoms with Crippen molar-refractivity contribution in [1.29, 1.82) is 0 Å². The van der Waals surface area contributed by atoms with Crippen molar-refractivity contribution in [3.05, 3.63) is 35.9 Å². The molecule has 2 aliphatic rings. The molecule has 0 saturated heterocycles. The Morgan fingerprint density at radius 2 is 1.81 bits per heavy atom. The molecule has 0 heterocycles. The van der Waals surface area contributed by atoms with Crippen LogP contribution in [-0.2, 0) is 6.54 Å². The van der Waals surface area contributed by atoms with E-state index in [0.29, 0.717) is 24.0 Å². The molecular weight excluding hydrogens is 258 g/mol. The standard InChI is InChI=1S/C18H27N3/c19-17(20-14-15-8-3-1-4-9-15)21-16-10-7-13-18(16)11-5-2-6-12-18/h1,3-4,8-9,16H,2,5-7,10-14H2,(H3,19,20,21). The van der Waals surface area contributed by atoms with E-state index in [9.17, 15) is 0 Å². The first kappa shape index (κ1) is 14.4. The largest absolute Gasteiger partial charge is 0.370 e. The van der Waals surface area contributed by atoms with E-state index in [1.165, 1.54) is 56.9 Å². The summed E-state index contributed by atoms with van der Waals surface area (Å²) >= 11 is 0. The zero-order valence-corrected chi connectivity index (χ0v) is 12.9. The van der Waals surface area contributed by atoms with Crippen molar-refractivity contribution in [2.75, 3.05) is 0 Å². The second-order valence-electron chi connectivity index (χ2n) is 6.70. The molecule has 0 amide bonds. The highest BCUT2D eigenvalue weighted by molar-refractivity contribution is 5.78. The van der Waals surface area contributed by atoms with Gasteiger partial charge in [-0.2, -0.15) is 0 Å². The molecule has 2 fully saturated rings. The minimum Gasteiger partial charge on any atom is -0.370 e. The van der Waals surface area contributed by atoms with E-state index in [0.717, 1.165) is 0 Å². The Kier molecular flexibility index (Phi) is 4.47. The summed E-state index contributed by atoms with van der Waals surface area (Å²) in [5.74, 6) is 0.621. The number of rotatable bonds is 3. The predicted molar refractivity (Wildman–Crippen MR) is 88.1 cm³/mol. The summed E-state index contributed by atoms with van der Waals surface area (Å²) in [7, 11) is 0. The lowest BCUT2D eigenvalue weighted by molar-refractivity contribution is 0.161. The number of benzene rings is 1. The Labute approximate surface area is 128 Å². The second kappa shape index (κ2) is 6.50. The van der Waals surface area contributed by atoms with Gasteiger partial charge in [0.05, 0.1) is 6.54 Å². The molecule has 0 radical (unpaired) electrons. The van der Waals surface area contributed by atoms with E-state index in [2.05, 4.69) is 22.4 Å². The maximum Gasteiger partial charge on any atom is 0.189 e. The number of aliphatic imine (C=N–C) groups is 1. The number of nitrogens with one attached hydrogen (secondary N) is 1. The first-order chi connectivity index (χ1) is 10.3. The Morgan fingerprint density at radius 1 is 1.10 bits per heavy atom. The minimum absolute atomic E-state index is 0.505. The van der Waals surface area contributed by atoms with Crippen molar-refractivity contribution >= 4 is 5.96 Å². The van der Waals surface area contributed by atoms with Crippen molar-refractivity contribution in [3.8, 4) is 0 Å². The molecule has 2 aliphatic carbocycles. The zero-order chi connectivity index (χ0) is 14.5. The lowest BCUT2D eigenvalue weighted by Gasteiger charge is -2.39. The van der Waals surface area contributed by atoms with Gasteiger partial charge >= 0.3 is 0 Å². The van der Waals surface area contributed by atoms with Gasteiger partial charge in [-0.3, -0.25) is 0 Å². The molecule has 1 aromatic rings. The van der Waals surface area contributed by atoms with Crippen LogP contribution in [0.3, 0.4) is 0 Å². The molecule has 3 nitrogen and oxygen atoms in total. The van der Waals surface area contributed by atoms with Gasteiger partial charge in [0.25, 0.3) is 0 Å². The number of hydrogen-bond acceptors (Lipinski definition) is 1. The summed E-state index contributed by atoms with van der Waals surface area (Å²) in [6.45, 7) is 0.666. The minimum atomic E-state index is 0.505. The highest BCUT2D eigenvalue weighted by atomic mass is 15.1. The van der Waals surface area contributed by atoms with Crippen LogP contribution in [0.2, 0.25) is 0 Å². The van der Waals surface area contributed by atoms with Gasteiger partial charge in [-0.25, -0.2) is 4.99 Å². The number of nitrogens with zero attached hydrogens (tertiary/aromatic N) is 1. The highest BCUT2D eigenvalue weighted by Gasteiger charge is 2.43. The Morgan fingerprint density at radius 3 is 2.57 bits per heavy atom. The molecule has 3 heteroatoms. The van der Waals surface area contributed by atoms with E-state index >= 15 is 0 Å². The third kappa shape index (κ3) is 3.39. The van der Waals surface area contributed by atoms with E-state index < -0.39 is 0 Å². The molecular formula is C18H27N3. The lowest BCUT2D eigenvalue weighted by Crippen LogP contribution is -2.48. The quantitative estimate of drug-likeness (QED) is 0.658. The molecule has 1 unspecified atom stereocenters. The maximum absolute atomic E-state index is 6.13.